The van der Waals surface area contributed by atoms with Gasteiger partial charge in [-0.25, -0.2) is 0 Å². The summed E-state index contributed by atoms with van der Waals surface area (Å²) in [6.45, 7) is 6.99. The number of nitrogens with one attached hydrogen (secondary N) is 1. The molecule has 2 aliphatic rings. The highest BCUT2D eigenvalue weighted by Gasteiger charge is 2.31. The van der Waals surface area contributed by atoms with Crippen molar-refractivity contribution in [2.24, 2.45) is 11.3 Å². The Hall–Kier alpha value is -0.830. The van der Waals surface area contributed by atoms with Crippen molar-refractivity contribution in [3.05, 3.63) is 21.4 Å². The highest BCUT2D eigenvalue weighted by atomic mass is 32.1. The Balaban J connectivity index is 1.74. The summed E-state index contributed by atoms with van der Waals surface area (Å²) in [5.74, 6) is 0.892. The summed E-state index contributed by atoms with van der Waals surface area (Å²) < 4.78 is 0. The van der Waals surface area contributed by atoms with E-state index in [1.54, 1.807) is 11.3 Å². The van der Waals surface area contributed by atoms with Gasteiger partial charge in [0, 0.05) is 10.9 Å². The number of carbonyl (C=O) groups is 1. The minimum absolute atomic E-state index is 0.147. The smallest absolute Gasteiger partial charge is 0.261 e. The van der Waals surface area contributed by atoms with Crippen LogP contribution in [0, 0.1) is 11.3 Å². The van der Waals surface area contributed by atoms with E-state index in [2.05, 4.69) is 32.2 Å². The summed E-state index contributed by atoms with van der Waals surface area (Å²) in [4.78, 5) is 14.5. The second kappa shape index (κ2) is 4.62. The highest BCUT2D eigenvalue weighted by molar-refractivity contribution is 7.14. The molecule has 104 valence electrons. The van der Waals surface area contributed by atoms with E-state index in [4.69, 9.17) is 0 Å². The summed E-state index contributed by atoms with van der Waals surface area (Å²) >= 11 is 1.71. The molecule has 1 atom stereocenters. The zero-order valence-electron chi connectivity index (χ0n) is 12.1. The molecule has 1 amide bonds. The average molecular weight is 277 g/mol. The SMILES string of the molecule is CC(C)(C)[C@H]1CCc2sc(C(=O)NC3CC3)cc2C1. The fourth-order valence-corrected chi connectivity index (χ4v) is 3.97. The predicted octanol–water partition coefficient (Wildman–Crippen LogP) is 3.79. The minimum Gasteiger partial charge on any atom is -0.349 e. The Morgan fingerprint density at radius 1 is 1.32 bits per heavy atom. The quantitative estimate of drug-likeness (QED) is 0.875. The lowest BCUT2D eigenvalue weighted by Gasteiger charge is -2.33. The van der Waals surface area contributed by atoms with Crippen LogP contribution in [0.5, 0.6) is 0 Å². The first kappa shape index (κ1) is 13.2. The van der Waals surface area contributed by atoms with Gasteiger partial charge in [0.2, 0.25) is 0 Å². The lowest BCUT2D eigenvalue weighted by Crippen LogP contribution is -2.26. The van der Waals surface area contributed by atoms with Gasteiger partial charge in [-0.2, -0.15) is 0 Å². The third kappa shape index (κ3) is 2.86. The molecule has 1 N–H and O–H groups in total. The Labute approximate surface area is 119 Å². The van der Waals surface area contributed by atoms with Gasteiger partial charge >= 0.3 is 0 Å². The highest BCUT2D eigenvalue weighted by Crippen LogP contribution is 2.40. The number of hydrogen-bond donors (Lipinski definition) is 1. The van der Waals surface area contributed by atoms with Crippen molar-refractivity contribution < 1.29 is 4.79 Å². The minimum atomic E-state index is 0.147. The van der Waals surface area contributed by atoms with Crippen molar-refractivity contribution in [2.75, 3.05) is 0 Å². The van der Waals surface area contributed by atoms with Gasteiger partial charge in [0.15, 0.2) is 0 Å². The molecule has 0 bridgehead atoms. The maximum atomic E-state index is 12.1. The lowest BCUT2D eigenvalue weighted by molar-refractivity contribution is 0.0955. The number of fused-ring (bicyclic) bond motifs is 1. The Kier molecular flexibility index (Phi) is 3.20. The van der Waals surface area contributed by atoms with Crippen molar-refractivity contribution in [1.82, 2.24) is 5.32 Å². The van der Waals surface area contributed by atoms with Crippen LogP contribution in [0.2, 0.25) is 0 Å². The van der Waals surface area contributed by atoms with Crippen LogP contribution in [0.4, 0.5) is 0 Å². The van der Waals surface area contributed by atoms with E-state index in [0.717, 1.165) is 36.5 Å². The molecule has 19 heavy (non-hydrogen) atoms. The fraction of sp³-hybridized carbons (Fsp3) is 0.688. The van der Waals surface area contributed by atoms with Gasteiger partial charge in [-0.1, -0.05) is 20.8 Å². The van der Waals surface area contributed by atoms with Crippen molar-refractivity contribution in [2.45, 2.75) is 58.9 Å². The molecule has 0 aromatic carbocycles. The van der Waals surface area contributed by atoms with Crippen molar-refractivity contribution in [1.29, 1.82) is 0 Å². The van der Waals surface area contributed by atoms with Crippen molar-refractivity contribution in [3.8, 4) is 0 Å². The van der Waals surface area contributed by atoms with Crippen LogP contribution < -0.4 is 5.32 Å². The van der Waals surface area contributed by atoms with Gasteiger partial charge < -0.3 is 5.32 Å². The van der Waals surface area contributed by atoms with Crippen LogP contribution in [0.1, 0.15) is 60.1 Å². The van der Waals surface area contributed by atoms with E-state index in [1.807, 2.05) is 0 Å². The van der Waals surface area contributed by atoms with E-state index in [1.165, 1.54) is 16.9 Å². The van der Waals surface area contributed by atoms with Gasteiger partial charge in [0.25, 0.3) is 5.91 Å². The summed E-state index contributed by atoms with van der Waals surface area (Å²) in [6.07, 6.45) is 5.87. The number of carbonyl (C=O) groups excluding carboxylic acids is 1. The second-order valence-corrected chi connectivity index (χ2v) is 8.25. The molecule has 1 aromatic heterocycles. The van der Waals surface area contributed by atoms with Crippen LogP contribution >= 0.6 is 11.3 Å². The monoisotopic (exact) mass is 277 g/mol. The maximum Gasteiger partial charge on any atom is 0.261 e. The molecule has 1 heterocycles. The molecule has 3 rings (SSSR count). The van der Waals surface area contributed by atoms with Crippen LogP contribution in [-0.2, 0) is 12.8 Å². The fourth-order valence-electron chi connectivity index (χ4n) is 2.86. The van der Waals surface area contributed by atoms with Gasteiger partial charge in [-0.15, -0.1) is 11.3 Å². The van der Waals surface area contributed by atoms with Crippen molar-refractivity contribution in [3.63, 3.8) is 0 Å². The maximum absolute atomic E-state index is 12.1. The van der Waals surface area contributed by atoms with Gasteiger partial charge in [-0.3, -0.25) is 4.79 Å². The van der Waals surface area contributed by atoms with Crippen LogP contribution in [0.3, 0.4) is 0 Å². The van der Waals surface area contributed by atoms with Gasteiger partial charge in [0.1, 0.15) is 0 Å². The predicted molar refractivity (Wildman–Crippen MR) is 79.8 cm³/mol. The lowest BCUT2D eigenvalue weighted by atomic mass is 9.72. The molecule has 0 saturated heterocycles. The molecule has 0 spiro atoms. The molecule has 1 saturated carbocycles. The number of rotatable bonds is 2. The molecular formula is C16H23NOS. The van der Waals surface area contributed by atoms with E-state index >= 15 is 0 Å². The molecule has 0 radical (unpaired) electrons. The van der Waals surface area contributed by atoms with Gasteiger partial charge in [0.05, 0.1) is 4.88 Å². The molecule has 3 heteroatoms. The zero-order chi connectivity index (χ0) is 13.6. The standard InChI is InChI=1S/C16H23NOS/c1-16(2,3)11-4-7-13-10(8-11)9-14(19-13)15(18)17-12-5-6-12/h9,11-12H,4-8H2,1-3H3,(H,17,18)/t11-/m0/s1. The normalized spacial score (nSPS) is 23.0. The summed E-state index contributed by atoms with van der Waals surface area (Å²) in [5.41, 5.74) is 1.80. The molecule has 1 fully saturated rings. The summed E-state index contributed by atoms with van der Waals surface area (Å²) in [5, 5.41) is 3.09. The largest absolute Gasteiger partial charge is 0.349 e. The molecule has 0 unspecified atom stereocenters. The Morgan fingerprint density at radius 2 is 2.05 bits per heavy atom. The first-order valence-corrected chi connectivity index (χ1v) is 8.17. The number of aryl methyl sites for hydroxylation is 1. The van der Waals surface area contributed by atoms with E-state index in [0.29, 0.717) is 11.5 Å². The summed E-state index contributed by atoms with van der Waals surface area (Å²) in [7, 11) is 0. The Morgan fingerprint density at radius 3 is 2.68 bits per heavy atom. The average Bonchev–Trinajstić information content (AvgIpc) is 3.03. The zero-order valence-corrected chi connectivity index (χ0v) is 12.9. The number of thiophene rings is 1. The molecule has 2 nitrogen and oxygen atoms in total. The third-order valence-corrected chi connectivity index (χ3v) is 5.68. The molecule has 0 aliphatic heterocycles. The Bertz CT molecular complexity index is 493. The van der Waals surface area contributed by atoms with Crippen LogP contribution in [0.15, 0.2) is 6.07 Å². The molecule has 1 aromatic rings. The van der Waals surface area contributed by atoms with E-state index in [9.17, 15) is 4.79 Å². The first-order chi connectivity index (χ1) is 8.93. The third-order valence-electron chi connectivity index (χ3n) is 4.44. The van der Waals surface area contributed by atoms with Crippen LogP contribution in [-0.4, -0.2) is 11.9 Å². The second-order valence-electron chi connectivity index (χ2n) is 7.11. The topological polar surface area (TPSA) is 29.1 Å². The van der Waals surface area contributed by atoms with E-state index in [-0.39, 0.29) is 5.91 Å². The number of hydrogen-bond acceptors (Lipinski definition) is 2. The molecular weight excluding hydrogens is 254 g/mol. The molecule has 2 aliphatic carbocycles. The number of amides is 1. The van der Waals surface area contributed by atoms with E-state index < -0.39 is 0 Å². The van der Waals surface area contributed by atoms with Crippen LogP contribution in [0.25, 0.3) is 0 Å². The van der Waals surface area contributed by atoms with Gasteiger partial charge in [-0.05, 0) is 55.1 Å². The van der Waals surface area contributed by atoms with Crippen molar-refractivity contribution >= 4 is 17.2 Å². The first-order valence-electron chi connectivity index (χ1n) is 7.36. The summed E-state index contributed by atoms with van der Waals surface area (Å²) in [6, 6.07) is 2.60.